The summed E-state index contributed by atoms with van der Waals surface area (Å²) in [6, 6.07) is 4.55. The van der Waals surface area contributed by atoms with Gasteiger partial charge in [0.05, 0.1) is 16.3 Å². The maximum Gasteiger partial charge on any atom is 0.238 e. The molecule has 0 saturated heterocycles. The van der Waals surface area contributed by atoms with E-state index < -0.39 is 10.0 Å². The molecular formula is C12H18N4O3S. The van der Waals surface area contributed by atoms with E-state index in [4.69, 9.17) is 10.9 Å². The first-order chi connectivity index (χ1) is 9.36. The molecule has 2 rings (SSSR count). The number of benzene rings is 1. The third-order valence-corrected chi connectivity index (χ3v) is 3.87. The smallest absolute Gasteiger partial charge is 0.238 e. The summed E-state index contributed by atoms with van der Waals surface area (Å²) in [6.45, 7) is 0.428. The number of carbonyl (C=O) groups excluding carboxylic acids is 1. The third-order valence-electron chi connectivity index (χ3n) is 2.96. The second-order valence-electron chi connectivity index (χ2n) is 4.81. The Balaban J connectivity index is 1.88. The highest BCUT2D eigenvalue weighted by molar-refractivity contribution is 7.89. The van der Waals surface area contributed by atoms with Gasteiger partial charge in [-0.3, -0.25) is 4.79 Å². The zero-order valence-electron chi connectivity index (χ0n) is 10.9. The molecule has 0 aliphatic heterocycles. The monoisotopic (exact) mass is 298 g/mol. The highest BCUT2D eigenvalue weighted by Crippen LogP contribution is 2.22. The Morgan fingerprint density at radius 3 is 2.60 bits per heavy atom. The predicted molar refractivity (Wildman–Crippen MR) is 76.5 cm³/mol. The standard InChI is InChI=1S/C12H18N4O3S/c13-10-7-9(20(14,18)19)3-4-11(10)15-6-5-12(17)16-8-1-2-8/h3-4,7-8,15H,1-2,5-6,13H2,(H,16,17)(H2,14,18,19). The molecule has 8 heteroatoms. The number of amides is 1. The van der Waals surface area contributed by atoms with Crippen molar-refractivity contribution in [3.63, 3.8) is 0 Å². The summed E-state index contributed by atoms with van der Waals surface area (Å²) < 4.78 is 22.3. The minimum absolute atomic E-state index is 0.000252. The first-order valence-electron chi connectivity index (χ1n) is 6.32. The summed E-state index contributed by atoms with van der Waals surface area (Å²) in [5.41, 5.74) is 6.60. The lowest BCUT2D eigenvalue weighted by atomic mass is 10.2. The van der Waals surface area contributed by atoms with Gasteiger partial charge in [0, 0.05) is 19.0 Å². The lowest BCUT2D eigenvalue weighted by Gasteiger charge is -2.10. The molecule has 7 nitrogen and oxygen atoms in total. The molecule has 1 aliphatic rings. The highest BCUT2D eigenvalue weighted by atomic mass is 32.2. The van der Waals surface area contributed by atoms with Crippen LogP contribution in [-0.4, -0.2) is 26.9 Å². The Hall–Kier alpha value is -1.80. The first-order valence-corrected chi connectivity index (χ1v) is 7.86. The molecule has 0 unspecified atom stereocenters. The van der Waals surface area contributed by atoms with Crippen LogP contribution in [0.5, 0.6) is 0 Å². The van der Waals surface area contributed by atoms with Crippen molar-refractivity contribution in [2.24, 2.45) is 5.14 Å². The molecule has 0 heterocycles. The van der Waals surface area contributed by atoms with Gasteiger partial charge in [-0.2, -0.15) is 0 Å². The van der Waals surface area contributed by atoms with Gasteiger partial charge in [-0.05, 0) is 31.0 Å². The number of nitrogen functional groups attached to an aromatic ring is 1. The van der Waals surface area contributed by atoms with Crippen LogP contribution >= 0.6 is 0 Å². The van der Waals surface area contributed by atoms with Crippen molar-refractivity contribution in [1.82, 2.24) is 5.32 Å². The van der Waals surface area contributed by atoms with E-state index in [9.17, 15) is 13.2 Å². The van der Waals surface area contributed by atoms with Crippen molar-refractivity contribution in [3.8, 4) is 0 Å². The van der Waals surface area contributed by atoms with Crippen molar-refractivity contribution in [3.05, 3.63) is 18.2 Å². The molecule has 1 aliphatic carbocycles. The van der Waals surface area contributed by atoms with Gasteiger partial charge in [0.1, 0.15) is 0 Å². The van der Waals surface area contributed by atoms with Crippen LogP contribution in [-0.2, 0) is 14.8 Å². The lowest BCUT2D eigenvalue weighted by molar-refractivity contribution is -0.120. The van der Waals surface area contributed by atoms with Gasteiger partial charge in [0.2, 0.25) is 15.9 Å². The van der Waals surface area contributed by atoms with Gasteiger partial charge >= 0.3 is 0 Å². The zero-order valence-corrected chi connectivity index (χ0v) is 11.7. The summed E-state index contributed by atoms with van der Waals surface area (Å²) >= 11 is 0. The molecule has 20 heavy (non-hydrogen) atoms. The molecule has 0 spiro atoms. The minimum Gasteiger partial charge on any atom is -0.397 e. The number of hydrogen-bond donors (Lipinski definition) is 4. The fourth-order valence-electron chi connectivity index (χ4n) is 1.72. The van der Waals surface area contributed by atoms with E-state index in [1.165, 1.54) is 18.2 Å². The third kappa shape index (κ3) is 4.10. The topological polar surface area (TPSA) is 127 Å². The molecule has 0 bridgehead atoms. The number of anilines is 2. The Morgan fingerprint density at radius 1 is 1.35 bits per heavy atom. The molecule has 0 radical (unpaired) electrons. The lowest BCUT2D eigenvalue weighted by Crippen LogP contribution is -2.27. The van der Waals surface area contributed by atoms with Crippen molar-refractivity contribution >= 4 is 27.3 Å². The van der Waals surface area contributed by atoms with Crippen LogP contribution in [0.2, 0.25) is 0 Å². The van der Waals surface area contributed by atoms with Crippen LogP contribution in [0.15, 0.2) is 23.1 Å². The second kappa shape index (κ2) is 5.68. The van der Waals surface area contributed by atoms with Crippen LogP contribution in [0.4, 0.5) is 11.4 Å². The number of hydrogen-bond acceptors (Lipinski definition) is 5. The molecule has 1 amide bonds. The summed E-state index contributed by atoms with van der Waals surface area (Å²) in [4.78, 5) is 11.4. The number of primary sulfonamides is 1. The summed E-state index contributed by atoms with van der Waals surface area (Å²) in [7, 11) is -3.75. The maximum absolute atomic E-state index is 11.5. The molecule has 1 saturated carbocycles. The fraction of sp³-hybridized carbons (Fsp3) is 0.417. The first kappa shape index (κ1) is 14.6. The molecule has 0 aromatic heterocycles. The number of nitrogens with one attached hydrogen (secondary N) is 2. The van der Waals surface area contributed by atoms with Crippen molar-refractivity contribution in [2.45, 2.75) is 30.2 Å². The van der Waals surface area contributed by atoms with Crippen LogP contribution in [0, 0.1) is 0 Å². The Morgan fingerprint density at radius 2 is 2.05 bits per heavy atom. The van der Waals surface area contributed by atoms with Crippen LogP contribution in [0.1, 0.15) is 19.3 Å². The van der Waals surface area contributed by atoms with Crippen LogP contribution in [0.3, 0.4) is 0 Å². The summed E-state index contributed by atoms with van der Waals surface area (Å²) in [6.07, 6.45) is 2.45. The van der Waals surface area contributed by atoms with Gasteiger partial charge in [0.15, 0.2) is 0 Å². The van der Waals surface area contributed by atoms with Crippen molar-refractivity contribution < 1.29 is 13.2 Å². The largest absolute Gasteiger partial charge is 0.397 e. The summed E-state index contributed by atoms with van der Waals surface area (Å²) in [5.74, 6) is -0.000252. The second-order valence-corrected chi connectivity index (χ2v) is 6.37. The number of sulfonamides is 1. The molecular weight excluding hydrogens is 280 g/mol. The van der Waals surface area contributed by atoms with Gasteiger partial charge in [0.25, 0.3) is 0 Å². The average molecular weight is 298 g/mol. The Labute approximate surface area is 117 Å². The van der Waals surface area contributed by atoms with E-state index >= 15 is 0 Å². The van der Waals surface area contributed by atoms with Gasteiger partial charge in [-0.1, -0.05) is 0 Å². The minimum atomic E-state index is -3.75. The summed E-state index contributed by atoms with van der Waals surface area (Å²) in [5, 5.41) is 10.9. The fourth-order valence-corrected chi connectivity index (χ4v) is 2.27. The van der Waals surface area contributed by atoms with Crippen LogP contribution in [0.25, 0.3) is 0 Å². The van der Waals surface area contributed by atoms with Crippen LogP contribution < -0.4 is 21.5 Å². The van der Waals surface area contributed by atoms with Crippen molar-refractivity contribution in [2.75, 3.05) is 17.6 Å². The normalized spacial score (nSPS) is 14.8. The number of nitrogens with two attached hydrogens (primary N) is 2. The Bertz CT molecular complexity index is 611. The van der Waals surface area contributed by atoms with Gasteiger partial charge in [-0.25, -0.2) is 13.6 Å². The SMILES string of the molecule is Nc1cc(S(N)(=O)=O)ccc1NCCC(=O)NC1CC1. The quantitative estimate of drug-likeness (QED) is 0.550. The van der Waals surface area contributed by atoms with E-state index in [0.29, 0.717) is 24.7 Å². The molecule has 0 atom stereocenters. The molecule has 1 fully saturated rings. The van der Waals surface area contributed by atoms with E-state index in [0.717, 1.165) is 12.8 Å². The number of carbonyl (C=O) groups is 1. The van der Waals surface area contributed by atoms with Gasteiger partial charge < -0.3 is 16.4 Å². The molecule has 110 valence electrons. The van der Waals surface area contributed by atoms with Crippen molar-refractivity contribution in [1.29, 1.82) is 0 Å². The van der Waals surface area contributed by atoms with E-state index in [1.54, 1.807) is 0 Å². The molecule has 6 N–H and O–H groups in total. The molecule has 1 aromatic rings. The molecule has 1 aromatic carbocycles. The van der Waals surface area contributed by atoms with Gasteiger partial charge in [-0.15, -0.1) is 0 Å². The zero-order chi connectivity index (χ0) is 14.8. The Kier molecular flexibility index (Phi) is 4.15. The number of rotatable bonds is 6. The van der Waals surface area contributed by atoms with E-state index in [2.05, 4.69) is 10.6 Å². The predicted octanol–water partition coefficient (Wildman–Crippen LogP) is -0.00320. The highest BCUT2D eigenvalue weighted by Gasteiger charge is 2.22. The average Bonchev–Trinajstić information content (AvgIpc) is 3.13. The van der Waals surface area contributed by atoms with E-state index in [1.807, 2.05) is 0 Å². The van der Waals surface area contributed by atoms with E-state index in [-0.39, 0.29) is 16.5 Å². The maximum atomic E-state index is 11.5.